The third-order valence-electron chi connectivity index (χ3n) is 3.87. The molecule has 140 valence electrons. The minimum Gasteiger partial charge on any atom is -0.497 e. The van der Waals surface area contributed by atoms with E-state index in [1.54, 1.807) is 31.4 Å². The van der Waals surface area contributed by atoms with Crippen LogP contribution in [0.15, 0.2) is 42.5 Å². The predicted molar refractivity (Wildman–Crippen MR) is 102 cm³/mol. The van der Waals surface area contributed by atoms with Crippen LogP contribution in [0.3, 0.4) is 0 Å². The van der Waals surface area contributed by atoms with Crippen molar-refractivity contribution in [3.8, 4) is 17.2 Å². The highest BCUT2D eigenvalue weighted by Gasteiger charge is 2.17. The smallest absolute Gasteiger partial charge is 0.261 e. The summed E-state index contributed by atoms with van der Waals surface area (Å²) in [6.45, 7) is 6.82. The van der Waals surface area contributed by atoms with Crippen LogP contribution in [0.2, 0.25) is 0 Å². The van der Waals surface area contributed by atoms with Gasteiger partial charge in [-0.25, -0.2) is 0 Å². The zero-order valence-corrected chi connectivity index (χ0v) is 15.9. The predicted octanol–water partition coefficient (Wildman–Crippen LogP) is 3.66. The monoisotopic (exact) mass is 357 g/mol. The van der Waals surface area contributed by atoms with Gasteiger partial charge in [-0.2, -0.15) is 0 Å². The Kier molecular flexibility index (Phi) is 7.33. The Bertz CT molecular complexity index is 692. The molecule has 0 aliphatic rings. The molecule has 2 aromatic carbocycles. The molecule has 0 aliphatic carbocycles. The van der Waals surface area contributed by atoms with Gasteiger partial charge in [0.15, 0.2) is 6.10 Å². The van der Waals surface area contributed by atoms with E-state index in [0.717, 1.165) is 22.6 Å². The number of benzene rings is 2. The summed E-state index contributed by atoms with van der Waals surface area (Å²) in [6, 6.07) is 13.2. The Morgan fingerprint density at radius 2 is 1.62 bits per heavy atom. The van der Waals surface area contributed by atoms with Gasteiger partial charge in [-0.15, -0.1) is 0 Å². The topological polar surface area (TPSA) is 56.8 Å². The lowest BCUT2D eigenvalue weighted by molar-refractivity contribution is -0.128. The second kappa shape index (κ2) is 9.70. The van der Waals surface area contributed by atoms with E-state index in [2.05, 4.69) is 11.4 Å². The zero-order valence-electron chi connectivity index (χ0n) is 15.9. The number of ether oxygens (including phenoxy) is 3. The molecule has 0 radical (unpaired) electrons. The molecule has 1 atom stereocenters. The van der Waals surface area contributed by atoms with Gasteiger partial charge < -0.3 is 19.5 Å². The van der Waals surface area contributed by atoms with Crippen LogP contribution < -0.4 is 19.5 Å². The number of carbonyl (C=O) groups excluding carboxylic acids is 1. The van der Waals surface area contributed by atoms with Gasteiger partial charge in [-0.3, -0.25) is 4.79 Å². The third kappa shape index (κ3) is 5.99. The van der Waals surface area contributed by atoms with E-state index in [4.69, 9.17) is 14.2 Å². The highest BCUT2D eigenvalue weighted by Crippen LogP contribution is 2.19. The summed E-state index contributed by atoms with van der Waals surface area (Å²) in [7, 11) is 1.61. The second-order valence-corrected chi connectivity index (χ2v) is 6.15. The number of nitrogens with one attached hydrogen (secondary N) is 1. The van der Waals surface area contributed by atoms with Gasteiger partial charge in [0.05, 0.1) is 13.7 Å². The first-order valence-electron chi connectivity index (χ1n) is 8.81. The largest absolute Gasteiger partial charge is 0.497 e. The molecule has 2 rings (SSSR count). The van der Waals surface area contributed by atoms with Gasteiger partial charge in [-0.05, 0) is 67.8 Å². The van der Waals surface area contributed by atoms with E-state index in [9.17, 15) is 4.79 Å². The maximum Gasteiger partial charge on any atom is 0.261 e. The minimum atomic E-state index is -0.537. The lowest BCUT2D eigenvalue weighted by Crippen LogP contribution is -2.39. The quantitative estimate of drug-likeness (QED) is 0.696. The molecule has 26 heavy (non-hydrogen) atoms. The van der Waals surface area contributed by atoms with Gasteiger partial charge in [0.1, 0.15) is 23.9 Å². The van der Waals surface area contributed by atoms with Gasteiger partial charge in [0.2, 0.25) is 0 Å². The van der Waals surface area contributed by atoms with Crippen molar-refractivity contribution in [2.75, 3.05) is 20.3 Å². The van der Waals surface area contributed by atoms with Crippen molar-refractivity contribution in [1.29, 1.82) is 0 Å². The van der Waals surface area contributed by atoms with Crippen LogP contribution in [0, 0.1) is 13.8 Å². The van der Waals surface area contributed by atoms with Crippen LogP contribution in [0.25, 0.3) is 0 Å². The first kappa shape index (κ1) is 19.6. The lowest BCUT2D eigenvalue weighted by Gasteiger charge is -2.17. The highest BCUT2D eigenvalue weighted by molar-refractivity contribution is 5.81. The average Bonchev–Trinajstić information content (AvgIpc) is 2.62. The Morgan fingerprint density at radius 3 is 2.19 bits per heavy atom. The number of hydrogen-bond acceptors (Lipinski definition) is 4. The second-order valence-electron chi connectivity index (χ2n) is 6.15. The Morgan fingerprint density at radius 1 is 1.00 bits per heavy atom. The fraction of sp³-hybridized carbons (Fsp3) is 0.381. The molecular weight excluding hydrogens is 330 g/mol. The maximum atomic E-state index is 12.3. The van der Waals surface area contributed by atoms with Crippen LogP contribution in [-0.4, -0.2) is 32.3 Å². The van der Waals surface area contributed by atoms with E-state index >= 15 is 0 Å². The van der Waals surface area contributed by atoms with Gasteiger partial charge in [0.25, 0.3) is 5.91 Å². The molecule has 0 aromatic heterocycles. The van der Waals surface area contributed by atoms with Gasteiger partial charge >= 0.3 is 0 Å². The molecule has 0 aliphatic heterocycles. The normalized spacial score (nSPS) is 11.5. The fourth-order valence-electron chi connectivity index (χ4n) is 2.61. The minimum absolute atomic E-state index is 0.146. The number of methoxy groups -OCH3 is 1. The Labute approximate surface area is 155 Å². The fourth-order valence-corrected chi connectivity index (χ4v) is 2.61. The van der Waals surface area contributed by atoms with Crippen LogP contribution in [-0.2, 0) is 4.79 Å². The summed E-state index contributed by atoms with van der Waals surface area (Å²) >= 11 is 0. The Hall–Kier alpha value is -2.69. The third-order valence-corrected chi connectivity index (χ3v) is 3.87. The maximum absolute atomic E-state index is 12.3. The first-order valence-corrected chi connectivity index (χ1v) is 8.81. The standard InChI is InChI=1S/C21H27NO4/c1-5-20(26-18-8-6-17(24-4)7-9-18)21(23)22-10-11-25-19-13-15(2)12-16(3)14-19/h6-9,12-14,20H,5,10-11H2,1-4H3,(H,22,23)/t20-/m0/s1. The summed E-state index contributed by atoms with van der Waals surface area (Å²) in [5, 5.41) is 2.86. The molecule has 0 bridgehead atoms. The highest BCUT2D eigenvalue weighted by atomic mass is 16.5. The molecule has 1 N–H and O–H groups in total. The lowest BCUT2D eigenvalue weighted by atomic mass is 10.1. The molecule has 0 unspecified atom stereocenters. The van der Waals surface area contributed by atoms with Crippen molar-refractivity contribution in [3.05, 3.63) is 53.6 Å². The van der Waals surface area contributed by atoms with E-state index < -0.39 is 6.10 Å². The Balaban J connectivity index is 1.79. The summed E-state index contributed by atoms with van der Waals surface area (Å²) in [5.41, 5.74) is 2.31. The molecule has 0 fully saturated rings. The number of amides is 1. The van der Waals surface area contributed by atoms with Crippen molar-refractivity contribution >= 4 is 5.91 Å². The average molecular weight is 357 g/mol. The number of carbonyl (C=O) groups is 1. The van der Waals surface area contributed by atoms with Gasteiger partial charge in [-0.1, -0.05) is 13.0 Å². The van der Waals surface area contributed by atoms with Crippen LogP contribution >= 0.6 is 0 Å². The van der Waals surface area contributed by atoms with E-state index in [1.807, 2.05) is 32.9 Å². The van der Waals surface area contributed by atoms with E-state index in [1.165, 1.54) is 0 Å². The van der Waals surface area contributed by atoms with Crippen molar-refractivity contribution in [2.45, 2.75) is 33.3 Å². The molecule has 0 saturated heterocycles. The van der Waals surface area contributed by atoms with E-state index in [0.29, 0.717) is 25.3 Å². The summed E-state index contributed by atoms with van der Waals surface area (Å²) in [5.74, 6) is 2.06. The molecule has 0 heterocycles. The number of aryl methyl sites for hydroxylation is 2. The van der Waals surface area contributed by atoms with Crippen LogP contribution in [0.4, 0.5) is 0 Å². The number of rotatable bonds is 9. The molecular formula is C21H27NO4. The molecule has 0 saturated carbocycles. The van der Waals surface area contributed by atoms with Crippen molar-refractivity contribution in [1.82, 2.24) is 5.32 Å². The summed E-state index contributed by atoms with van der Waals surface area (Å²) in [6.07, 6.45) is 0.0418. The van der Waals surface area contributed by atoms with Gasteiger partial charge in [0, 0.05) is 0 Å². The zero-order chi connectivity index (χ0) is 18.9. The first-order chi connectivity index (χ1) is 12.5. The van der Waals surface area contributed by atoms with Crippen molar-refractivity contribution in [3.63, 3.8) is 0 Å². The molecule has 1 amide bonds. The van der Waals surface area contributed by atoms with Crippen molar-refractivity contribution < 1.29 is 19.0 Å². The van der Waals surface area contributed by atoms with Crippen molar-refractivity contribution in [2.24, 2.45) is 0 Å². The SMILES string of the molecule is CC[C@H](Oc1ccc(OC)cc1)C(=O)NCCOc1cc(C)cc(C)c1. The molecule has 2 aromatic rings. The molecule has 0 spiro atoms. The molecule has 5 nitrogen and oxygen atoms in total. The molecule has 5 heteroatoms. The number of hydrogen-bond donors (Lipinski definition) is 1. The summed E-state index contributed by atoms with van der Waals surface area (Å²) < 4.78 is 16.6. The van der Waals surface area contributed by atoms with Crippen LogP contribution in [0.1, 0.15) is 24.5 Å². The summed E-state index contributed by atoms with van der Waals surface area (Å²) in [4.78, 5) is 12.3. The van der Waals surface area contributed by atoms with E-state index in [-0.39, 0.29) is 5.91 Å². The van der Waals surface area contributed by atoms with Crippen LogP contribution in [0.5, 0.6) is 17.2 Å².